The highest BCUT2D eigenvalue weighted by molar-refractivity contribution is 5.73. The normalized spacial score (nSPS) is 13.6. The van der Waals surface area contributed by atoms with Crippen molar-refractivity contribution in [3.05, 3.63) is 42.9 Å². The summed E-state index contributed by atoms with van der Waals surface area (Å²) in [6.45, 7) is 3.86. The number of hydrogen-bond donors (Lipinski definition) is 3. The van der Waals surface area contributed by atoms with Gasteiger partial charge < -0.3 is 25.2 Å². The number of fused-ring (bicyclic) bond motifs is 1. The number of imidazole rings is 1. The van der Waals surface area contributed by atoms with Gasteiger partial charge in [-0.25, -0.2) is 19.6 Å². The van der Waals surface area contributed by atoms with Crippen molar-refractivity contribution in [2.24, 2.45) is 0 Å². The minimum Gasteiger partial charge on any atom is -0.497 e. The van der Waals surface area contributed by atoms with Crippen LogP contribution in [0.15, 0.2) is 42.9 Å². The van der Waals surface area contributed by atoms with Gasteiger partial charge in [-0.15, -0.1) is 0 Å². The van der Waals surface area contributed by atoms with E-state index in [4.69, 9.17) is 24.5 Å². The Morgan fingerprint density at radius 2 is 1.57 bits per heavy atom. The first-order chi connectivity index (χ1) is 17.3. The molecule has 4 rings (SSSR count). The summed E-state index contributed by atoms with van der Waals surface area (Å²) in [5.74, 6) is -3.73. The molecule has 0 spiro atoms. The lowest BCUT2D eigenvalue weighted by atomic mass is 10.1. The van der Waals surface area contributed by atoms with Crippen LogP contribution in [0.5, 0.6) is 5.75 Å². The van der Waals surface area contributed by atoms with Gasteiger partial charge in [0.15, 0.2) is 11.5 Å². The van der Waals surface area contributed by atoms with E-state index in [1.165, 1.54) is 0 Å². The molecule has 1 fully saturated rings. The zero-order chi connectivity index (χ0) is 27.8. The van der Waals surface area contributed by atoms with E-state index in [0.717, 1.165) is 54.7 Å². The molecule has 202 valence electrons. The van der Waals surface area contributed by atoms with Crippen LogP contribution in [0.3, 0.4) is 0 Å². The molecule has 0 saturated carbocycles. The third kappa shape index (κ3) is 8.23. The second kappa shape index (κ2) is 12.2. The SMILES string of the molecule is COc1cccc(-c2cnc3c(N4CCNCC4)nccn23)c1.O=C(O)C(F)(F)F.O=C(O)C(F)(F)F. The zero-order valence-electron chi connectivity index (χ0n) is 19.0. The Hall–Kier alpha value is -4.08. The number of hydrogen-bond acceptors (Lipinski definition) is 7. The minimum absolute atomic E-state index is 0.842. The summed E-state index contributed by atoms with van der Waals surface area (Å²) in [6, 6.07) is 8.03. The largest absolute Gasteiger partial charge is 0.497 e. The van der Waals surface area contributed by atoms with Gasteiger partial charge in [0.05, 0.1) is 19.0 Å². The number of aromatic nitrogens is 3. The average molecular weight is 537 g/mol. The first-order valence-electron chi connectivity index (χ1n) is 10.3. The van der Waals surface area contributed by atoms with E-state index in [1.54, 1.807) is 7.11 Å². The standard InChI is InChI=1S/C17H19N5O.2C2HF3O2/c1-23-14-4-2-3-13(11-14)15-12-20-17-16(19-7-10-22(15)17)21-8-5-18-6-9-21;2*3-2(4,5)1(6)7/h2-4,7,10-12,18H,5-6,8-9H2,1H3;2*(H,6,7). The van der Waals surface area contributed by atoms with Crippen LogP contribution in [-0.4, -0.2) is 82.2 Å². The second-order valence-corrected chi connectivity index (χ2v) is 7.16. The van der Waals surface area contributed by atoms with E-state index >= 15 is 0 Å². The Bertz CT molecular complexity index is 1180. The van der Waals surface area contributed by atoms with Crippen LogP contribution in [-0.2, 0) is 9.59 Å². The number of rotatable bonds is 3. The van der Waals surface area contributed by atoms with Gasteiger partial charge in [-0.3, -0.25) is 4.40 Å². The summed E-state index contributed by atoms with van der Waals surface area (Å²) in [7, 11) is 1.68. The minimum atomic E-state index is -5.08. The van der Waals surface area contributed by atoms with E-state index in [-0.39, 0.29) is 0 Å². The van der Waals surface area contributed by atoms with Crippen molar-refractivity contribution in [1.82, 2.24) is 19.7 Å². The van der Waals surface area contributed by atoms with Crippen molar-refractivity contribution in [2.45, 2.75) is 12.4 Å². The van der Waals surface area contributed by atoms with Crippen molar-refractivity contribution in [3.63, 3.8) is 0 Å². The molecule has 1 aromatic carbocycles. The lowest BCUT2D eigenvalue weighted by Crippen LogP contribution is -2.44. The number of aliphatic carboxylic acids is 2. The highest BCUT2D eigenvalue weighted by Gasteiger charge is 2.38. The molecule has 0 aliphatic carbocycles. The van der Waals surface area contributed by atoms with Crippen molar-refractivity contribution in [3.8, 4) is 17.0 Å². The molecule has 1 aliphatic rings. The smallest absolute Gasteiger partial charge is 0.490 e. The fourth-order valence-electron chi connectivity index (χ4n) is 3.00. The van der Waals surface area contributed by atoms with Crippen LogP contribution in [0.2, 0.25) is 0 Å². The maximum absolute atomic E-state index is 10.6. The van der Waals surface area contributed by atoms with Gasteiger partial charge in [-0.05, 0) is 12.1 Å². The first-order valence-corrected chi connectivity index (χ1v) is 10.3. The fraction of sp³-hybridized carbons (Fsp3) is 0.333. The summed E-state index contributed by atoms with van der Waals surface area (Å²) in [5.41, 5.74) is 3.01. The lowest BCUT2D eigenvalue weighted by molar-refractivity contribution is -0.193. The van der Waals surface area contributed by atoms with Crippen molar-refractivity contribution < 1.29 is 50.9 Å². The Balaban J connectivity index is 0.000000286. The second-order valence-electron chi connectivity index (χ2n) is 7.16. The molecule has 0 amide bonds. The topological polar surface area (TPSA) is 129 Å². The molecule has 2 aromatic heterocycles. The molecule has 1 saturated heterocycles. The summed E-state index contributed by atoms with van der Waals surface area (Å²) in [4.78, 5) is 29.3. The van der Waals surface area contributed by atoms with Gasteiger partial charge in [0.2, 0.25) is 0 Å². The van der Waals surface area contributed by atoms with E-state index in [0.29, 0.717) is 0 Å². The molecule has 3 heterocycles. The van der Waals surface area contributed by atoms with Gasteiger partial charge in [-0.2, -0.15) is 26.3 Å². The Morgan fingerprint density at radius 3 is 2.08 bits per heavy atom. The van der Waals surface area contributed by atoms with Crippen LogP contribution in [0.1, 0.15) is 0 Å². The highest BCUT2D eigenvalue weighted by atomic mass is 19.4. The number of piperazine rings is 1. The summed E-state index contributed by atoms with van der Waals surface area (Å²) in [6.07, 6.45) is -4.46. The number of nitrogens with zero attached hydrogens (tertiary/aromatic N) is 4. The molecular weight excluding hydrogens is 516 g/mol. The van der Waals surface area contributed by atoms with E-state index < -0.39 is 24.3 Å². The molecule has 37 heavy (non-hydrogen) atoms. The van der Waals surface area contributed by atoms with Crippen LogP contribution in [0.25, 0.3) is 16.9 Å². The Morgan fingerprint density at radius 1 is 1.00 bits per heavy atom. The number of benzene rings is 1. The molecular formula is C21H21F6N5O5. The van der Waals surface area contributed by atoms with Gasteiger partial charge >= 0.3 is 24.3 Å². The van der Waals surface area contributed by atoms with Crippen LogP contribution < -0.4 is 15.0 Å². The highest BCUT2D eigenvalue weighted by Crippen LogP contribution is 2.27. The van der Waals surface area contributed by atoms with Gasteiger partial charge in [0, 0.05) is 44.1 Å². The molecule has 0 unspecified atom stereocenters. The predicted molar refractivity (Wildman–Crippen MR) is 117 cm³/mol. The molecule has 0 bridgehead atoms. The molecule has 0 atom stereocenters. The number of anilines is 1. The van der Waals surface area contributed by atoms with E-state index in [1.807, 2.05) is 36.8 Å². The number of alkyl halides is 6. The summed E-state index contributed by atoms with van der Waals surface area (Å²) >= 11 is 0. The molecule has 1 aliphatic heterocycles. The number of ether oxygens (including phenoxy) is 1. The summed E-state index contributed by atoms with van der Waals surface area (Å²) in [5, 5.41) is 17.6. The van der Waals surface area contributed by atoms with Crippen LogP contribution in [0, 0.1) is 0 Å². The quantitative estimate of drug-likeness (QED) is 0.432. The number of carboxylic acids is 2. The maximum atomic E-state index is 10.6. The third-order valence-electron chi connectivity index (χ3n) is 4.68. The average Bonchev–Trinajstić information content (AvgIpc) is 3.28. The molecule has 16 heteroatoms. The molecule has 3 aromatic rings. The zero-order valence-corrected chi connectivity index (χ0v) is 19.0. The maximum Gasteiger partial charge on any atom is 0.490 e. The van der Waals surface area contributed by atoms with Crippen molar-refractivity contribution >= 4 is 23.4 Å². The molecule has 3 N–H and O–H groups in total. The van der Waals surface area contributed by atoms with Crippen LogP contribution >= 0.6 is 0 Å². The number of halogens is 6. The number of carboxylic acid groups (broad SMARTS) is 2. The van der Waals surface area contributed by atoms with E-state index in [9.17, 15) is 26.3 Å². The number of carbonyl (C=O) groups is 2. The number of nitrogens with one attached hydrogen (secondary N) is 1. The lowest BCUT2D eigenvalue weighted by Gasteiger charge is -2.28. The van der Waals surface area contributed by atoms with Gasteiger partial charge in [0.25, 0.3) is 0 Å². The van der Waals surface area contributed by atoms with Crippen molar-refractivity contribution in [1.29, 1.82) is 0 Å². The van der Waals surface area contributed by atoms with Crippen LogP contribution in [0.4, 0.5) is 32.2 Å². The molecule has 0 radical (unpaired) electrons. The Kier molecular flexibility index (Phi) is 9.65. The monoisotopic (exact) mass is 537 g/mol. The van der Waals surface area contributed by atoms with Crippen molar-refractivity contribution in [2.75, 3.05) is 38.2 Å². The number of methoxy groups -OCH3 is 1. The Labute approximate surface area is 205 Å². The van der Waals surface area contributed by atoms with Gasteiger partial charge in [0.1, 0.15) is 5.75 Å². The third-order valence-corrected chi connectivity index (χ3v) is 4.68. The van der Waals surface area contributed by atoms with E-state index in [2.05, 4.69) is 30.7 Å². The molecule has 10 nitrogen and oxygen atoms in total. The summed E-state index contributed by atoms with van der Waals surface area (Å²) < 4.78 is 70.9. The fourth-order valence-corrected chi connectivity index (χ4v) is 3.00. The predicted octanol–water partition coefficient (Wildman–Crippen LogP) is 3.08. The first kappa shape index (κ1) is 29.2. The van der Waals surface area contributed by atoms with Gasteiger partial charge in [-0.1, -0.05) is 12.1 Å².